The predicted molar refractivity (Wildman–Crippen MR) is 90.1 cm³/mol. The Labute approximate surface area is 148 Å². The van der Waals surface area contributed by atoms with Crippen molar-refractivity contribution in [3.8, 4) is 29.5 Å². The Kier molecular flexibility index (Phi) is 3.96. The minimum absolute atomic E-state index is 0.0570. The van der Waals surface area contributed by atoms with Crippen LogP contribution in [0.15, 0.2) is 22.6 Å². The number of furan rings is 1. The number of carbonyl (C=O) groups excluding carboxylic acids is 1. The normalized spacial score (nSPS) is 10.2. The van der Waals surface area contributed by atoms with E-state index in [1.54, 1.807) is 24.3 Å². The maximum Gasteiger partial charge on any atom is 0.340 e. The Morgan fingerprint density at radius 3 is 2.38 bits per heavy atom. The van der Waals surface area contributed by atoms with Gasteiger partial charge in [0, 0.05) is 11.4 Å². The van der Waals surface area contributed by atoms with E-state index in [0.717, 1.165) is 0 Å². The van der Waals surface area contributed by atoms with Crippen LogP contribution >= 0.6 is 0 Å². The van der Waals surface area contributed by atoms with E-state index < -0.39 is 5.97 Å². The van der Waals surface area contributed by atoms with Crippen LogP contribution in [0.3, 0.4) is 0 Å². The van der Waals surface area contributed by atoms with Crippen molar-refractivity contribution in [2.24, 2.45) is 0 Å². The Hall–Kier alpha value is -4.02. The van der Waals surface area contributed by atoms with Crippen LogP contribution in [0.1, 0.15) is 38.6 Å². The van der Waals surface area contributed by atoms with Crippen LogP contribution in [0.5, 0.6) is 0 Å². The van der Waals surface area contributed by atoms with Crippen molar-refractivity contribution in [3.05, 3.63) is 52.0 Å². The Balaban J connectivity index is 2.58. The summed E-state index contributed by atoms with van der Waals surface area (Å²) in [6, 6.07) is 10.6. The third kappa shape index (κ3) is 2.22. The second kappa shape index (κ2) is 6.12. The molecule has 3 rings (SSSR count). The average Bonchev–Trinajstić information content (AvgIpc) is 3.25. The molecule has 0 N–H and O–H groups in total. The van der Waals surface area contributed by atoms with Crippen LogP contribution in [0.25, 0.3) is 16.8 Å². The van der Waals surface area contributed by atoms with Gasteiger partial charge in [0.1, 0.15) is 24.0 Å². The number of nitriles is 3. The van der Waals surface area contributed by atoms with E-state index in [1.807, 2.05) is 6.07 Å². The molecule has 0 radical (unpaired) electrons. The highest BCUT2D eigenvalue weighted by atomic mass is 16.5. The van der Waals surface area contributed by atoms with E-state index >= 15 is 0 Å². The van der Waals surface area contributed by atoms with Gasteiger partial charge in [0.05, 0.1) is 34.9 Å². The van der Waals surface area contributed by atoms with E-state index in [0.29, 0.717) is 22.5 Å². The molecule has 3 aromatic heterocycles. The molecule has 126 valence electrons. The number of carbonyl (C=O) groups is 1. The SMILES string of the molecule is COC(=O)c1c(-c2ccc(C#N)o2)c(C#N)c(C)n2c(C)c(C#N)cc12. The van der Waals surface area contributed by atoms with Gasteiger partial charge in [-0.2, -0.15) is 15.8 Å². The molecule has 0 aliphatic carbocycles. The second-order valence-corrected chi connectivity index (χ2v) is 5.57. The first kappa shape index (κ1) is 16.8. The number of hydrogen-bond acceptors (Lipinski definition) is 6. The topological polar surface area (TPSA) is 115 Å². The van der Waals surface area contributed by atoms with Crippen LogP contribution in [0.2, 0.25) is 0 Å². The first-order valence-electron chi connectivity index (χ1n) is 7.55. The molecule has 0 aromatic carbocycles. The molecule has 0 amide bonds. The molecule has 3 aromatic rings. The number of esters is 1. The summed E-state index contributed by atoms with van der Waals surface area (Å²) < 4.78 is 12.1. The van der Waals surface area contributed by atoms with Gasteiger partial charge in [-0.15, -0.1) is 0 Å². The van der Waals surface area contributed by atoms with E-state index in [4.69, 9.17) is 14.4 Å². The van der Waals surface area contributed by atoms with Crippen LogP contribution in [-0.4, -0.2) is 17.5 Å². The molecular formula is C19H12N4O3. The Bertz CT molecular complexity index is 1190. The molecule has 0 unspecified atom stereocenters. The van der Waals surface area contributed by atoms with Gasteiger partial charge in [-0.3, -0.25) is 0 Å². The van der Waals surface area contributed by atoms with Crippen LogP contribution in [-0.2, 0) is 4.74 Å². The molecule has 26 heavy (non-hydrogen) atoms. The molecule has 0 aliphatic rings. The monoisotopic (exact) mass is 344 g/mol. The van der Waals surface area contributed by atoms with Crippen molar-refractivity contribution < 1.29 is 13.9 Å². The van der Waals surface area contributed by atoms with Crippen molar-refractivity contribution in [3.63, 3.8) is 0 Å². The quantitative estimate of drug-likeness (QED) is 0.659. The minimum Gasteiger partial charge on any atom is -0.465 e. The number of fused-ring (bicyclic) bond motifs is 1. The highest BCUT2D eigenvalue weighted by molar-refractivity contribution is 6.05. The van der Waals surface area contributed by atoms with Gasteiger partial charge in [-0.05, 0) is 32.0 Å². The lowest BCUT2D eigenvalue weighted by molar-refractivity contribution is 0.0603. The fourth-order valence-corrected chi connectivity index (χ4v) is 3.11. The molecule has 0 saturated heterocycles. The second-order valence-electron chi connectivity index (χ2n) is 5.57. The number of hydrogen-bond donors (Lipinski definition) is 0. The van der Waals surface area contributed by atoms with Gasteiger partial charge in [0.15, 0.2) is 0 Å². The largest absolute Gasteiger partial charge is 0.465 e. The summed E-state index contributed by atoms with van der Waals surface area (Å²) in [4.78, 5) is 12.6. The summed E-state index contributed by atoms with van der Waals surface area (Å²) in [6.07, 6.45) is 0. The molecule has 0 spiro atoms. The first-order valence-corrected chi connectivity index (χ1v) is 7.55. The first-order chi connectivity index (χ1) is 12.5. The average molecular weight is 344 g/mol. The van der Waals surface area contributed by atoms with Crippen LogP contribution in [0.4, 0.5) is 0 Å². The zero-order chi connectivity index (χ0) is 19.0. The highest BCUT2D eigenvalue weighted by Gasteiger charge is 2.28. The molecule has 0 bridgehead atoms. The lowest BCUT2D eigenvalue weighted by Gasteiger charge is -2.15. The summed E-state index contributed by atoms with van der Waals surface area (Å²) >= 11 is 0. The van der Waals surface area contributed by atoms with Gasteiger partial charge < -0.3 is 13.6 Å². The molecule has 7 heteroatoms. The number of methoxy groups -OCH3 is 1. The van der Waals surface area contributed by atoms with Gasteiger partial charge in [-0.25, -0.2) is 4.79 Å². The minimum atomic E-state index is -0.668. The highest BCUT2D eigenvalue weighted by Crippen LogP contribution is 2.36. The van der Waals surface area contributed by atoms with E-state index in [1.165, 1.54) is 19.2 Å². The Morgan fingerprint density at radius 1 is 1.12 bits per heavy atom. The molecule has 0 aliphatic heterocycles. The third-order valence-corrected chi connectivity index (χ3v) is 4.28. The fourth-order valence-electron chi connectivity index (χ4n) is 3.11. The molecule has 0 atom stereocenters. The summed E-state index contributed by atoms with van der Waals surface area (Å²) in [5.41, 5.74) is 2.55. The number of rotatable bonds is 2. The zero-order valence-corrected chi connectivity index (χ0v) is 14.2. The lowest BCUT2D eigenvalue weighted by atomic mass is 9.98. The van der Waals surface area contributed by atoms with Gasteiger partial charge >= 0.3 is 5.97 Å². The molecule has 3 heterocycles. The Morgan fingerprint density at radius 2 is 1.85 bits per heavy atom. The van der Waals surface area contributed by atoms with Crippen molar-refractivity contribution in [2.75, 3.05) is 7.11 Å². The number of nitrogens with zero attached hydrogens (tertiary/aromatic N) is 4. The standard InChI is InChI=1S/C19H12N4O3/c1-10-12(7-20)6-15-18(19(24)25-3)17(14(9-22)11(2)23(10)15)16-5-4-13(8-21)26-16/h4-6H,1-3H3. The van der Waals surface area contributed by atoms with E-state index in [-0.39, 0.29) is 28.2 Å². The van der Waals surface area contributed by atoms with Gasteiger partial charge in [0.2, 0.25) is 5.76 Å². The van der Waals surface area contributed by atoms with Crippen molar-refractivity contribution in [1.29, 1.82) is 15.8 Å². The van der Waals surface area contributed by atoms with Gasteiger partial charge in [0.25, 0.3) is 0 Å². The lowest BCUT2D eigenvalue weighted by Crippen LogP contribution is -2.11. The molecule has 7 nitrogen and oxygen atoms in total. The maximum absolute atomic E-state index is 12.6. The summed E-state index contributed by atoms with van der Waals surface area (Å²) in [7, 11) is 1.23. The third-order valence-electron chi connectivity index (χ3n) is 4.28. The summed E-state index contributed by atoms with van der Waals surface area (Å²) in [5, 5.41) is 28.1. The number of pyridine rings is 1. The maximum atomic E-state index is 12.6. The fraction of sp³-hybridized carbons (Fsp3) is 0.158. The molecule has 0 fully saturated rings. The van der Waals surface area contributed by atoms with Crippen molar-refractivity contribution in [2.45, 2.75) is 13.8 Å². The predicted octanol–water partition coefficient (Wildman–Crippen LogP) is 3.22. The van der Waals surface area contributed by atoms with Crippen LogP contribution in [0, 0.1) is 47.8 Å². The van der Waals surface area contributed by atoms with Crippen LogP contribution < -0.4 is 0 Å². The number of aromatic nitrogens is 1. The van der Waals surface area contributed by atoms with Gasteiger partial charge in [-0.1, -0.05) is 0 Å². The molecule has 0 saturated carbocycles. The van der Waals surface area contributed by atoms with Crippen molar-refractivity contribution >= 4 is 11.5 Å². The van der Waals surface area contributed by atoms with Crippen molar-refractivity contribution in [1.82, 2.24) is 4.40 Å². The smallest absolute Gasteiger partial charge is 0.340 e. The number of ether oxygens (including phenoxy) is 1. The van der Waals surface area contributed by atoms with E-state index in [2.05, 4.69) is 12.1 Å². The summed E-state index contributed by atoms with van der Waals surface area (Å²) in [6.45, 7) is 3.46. The molecular weight excluding hydrogens is 332 g/mol. The summed E-state index contributed by atoms with van der Waals surface area (Å²) in [5.74, 6) is -0.402. The zero-order valence-electron chi connectivity index (χ0n) is 14.2. The van der Waals surface area contributed by atoms with E-state index in [9.17, 15) is 15.3 Å². The number of aryl methyl sites for hydroxylation is 2.